The molecule has 2 aromatic heterocycles. The Kier molecular flexibility index (Phi) is 7.28. The topological polar surface area (TPSA) is 138 Å². The number of aromatic nitrogens is 5. The van der Waals surface area contributed by atoms with Gasteiger partial charge in [-0.1, -0.05) is 30.0 Å². The number of hydrogen-bond donors (Lipinski definition) is 4. The maximum absolute atomic E-state index is 13.7. The van der Waals surface area contributed by atoms with E-state index in [1.807, 2.05) is 6.92 Å². The fraction of sp³-hybridized carbons (Fsp3) is 0.542. The smallest absolute Gasteiger partial charge is 0.225 e. The maximum Gasteiger partial charge on any atom is 0.225 e. The number of aliphatic hydroxyl groups excluding tert-OH is 2. The van der Waals surface area contributed by atoms with Crippen molar-refractivity contribution in [2.24, 2.45) is 5.92 Å². The van der Waals surface area contributed by atoms with Crippen molar-refractivity contribution in [3.05, 3.63) is 35.4 Å². The fourth-order valence-corrected chi connectivity index (χ4v) is 5.54. The van der Waals surface area contributed by atoms with E-state index < -0.39 is 35.8 Å². The van der Waals surface area contributed by atoms with Crippen LogP contribution in [0.5, 0.6) is 0 Å². The molecule has 198 valence electrons. The van der Waals surface area contributed by atoms with E-state index in [4.69, 9.17) is 0 Å². The highest BCUT2D eigenvalue weighted by atomic mass is 32.2. The number of anilines is 1. The van der Waals surface area contributed by atoms with Crippen LogP contribution in [-0.2, 0) is 4.79 Å². The lowest BCUT2D eigenvalue weighted by Crippen LogP contribution is -2.38. The number of fused-ring (bicyclic) bond motifs is 1. The predicted octanol–water partition coefficient (Wildman–Crippen LogP) is 2.39. The Morgan fingerprint density at radius 1 is 1.16 bits per heavy atom. The van der Waals surface area contributed by atoms with Crippen molar-refractivity contribution >= 4 is 34.7 Å². The van der Waals surface area contributed by atoms with Crippen LogP contribution in [0, 0.1) is 17.6 Å². The normalized spacial score (nSPS) is 27.0. The van der Waals surface area contributed by atoms with Crippen molar-refractivity contribution < 1.29 is 23.8 Å². The Morgan fingerprint density at radius 2 is 1.97 bits per heavy atom. The second-order valence-electron chi connectivity index (χ2n) is 9.46. The summed E-state index contributed by atoms with van der Waals surface area (Å²) in [7, 11) is 0. The minimum atomic E-state index is -1.24. The third-order valence-electron chi connectivity index (χ3n) is 6.88. The van der Waals surface area contributed by atoms with Gasteiger partial charge in [0.1, 0.15) is 6.10 Å². The average Bonchev–Trinajstić information content (AvgIpc) is 3.41. The van der Waals surface area contributed by atoms with E-state index in [2.05, 4.69) is 30.9 Å². The van der Waals surface area contributed by atoms with Crippen LogP contribution in [0.2, 0.25) is 0 Å². The molecule has 0 saturated heterocycles. The average molecular weight is 534 g/mol. The number of benzene rings is 1. The van der Waals surface area contributed by atoms with E-state index in [-0.39, 0.29) is 24.3 Å². The molecule has 2 saturated carbocycles. The molecule has 2 aliphatic carbocycles. The third-order valence-corrected chi connectivity index (χ3v) is 7.93. The summed E-state index contributed by atoms with van der Waals surface area (Å²) in [6.07, 6.45) is -0.666. The number of nitrogens with zero attached hydrogens (tertiary/aromatic N) is 5. The van der Waals surface area contributed by atoms with Crippen LogP contribution in [0.15, 0.2) is 23.4 Å². The van der Waals surface area contributed by atoms with Crippen molar-refractivity contribution in [1.82, 2.24) is 30.3 Å². The number of thioether (sulfide) groups is 1. The lowest BCUT2D eigenvalue weighted by molar-refractivity contribution is -0.128. The Labute approximate surface area is 216 Å². The molecule has 1 aromatic carbocycles. The highest BCUT2D eigenvalue weighted by Gasteiger charge is 2.47. The zero-order chi connectivity index (χ0) is 26.3. The van der Waals surface area contributed by atoms with Gasteiger partial charge in [-0.05, 0) is 43.9 Å². The van der Waals surface area contributed by atoms with Gasteiger partial charge < -0.3 is 20.8 Å². The van der Waals surface area contributed by atoms with Gasteiger partial charge in [0.25, 0.3) is 0 Å². The SMILES string of the molecule is CCCSc1nc(NC2CC2c2ccc(F)c(F)c2)c2nnn(C3CC(C(=O)NCC)C(O)C3O)c2n1. The molecule has 0 bridgehead atoms. The molecule has 3 aromatic rings. The first-order valence-electron chi connectivity index (χ1n) is 12.4. The number of hydrogen-bond acceptors (Lipinski definition) is 9. The van der Waals surface area contributed by atoms with Gasteiger partial charge in [0, 0.05) is 24.3 Å². The molecule has 2 heterocycles. The van der Waals surface area contributed by atoms with Gasteiger partial charge in [0.2, 0.25) is 5.91 Å². The largest absolute Gasteiger partial charge is 0.390 e. The molecule has 6 unspecified atom stereocenters. The van der Waals surface area contributed by atoms with E-state index in [9.17, 15) is 23.8 Å². The lowest BCUT2D eigenvalue weighted by Gasteiger charge is -2.17. The molecule has 5 rings (SSSR count). The van der Waals surface area contributed by atoms with Crippen LogP contribution < -0.4 is 10.6 Å². The first-order chi connectivity index (χ1) is 17.8. The van der Waals surface area contributed by atoms with Gasteiger partial charge in [-0.25, -0.2) is 23.4 Å². The van der Waals surface area contributed by atoms with Crippen LogP contribution in [0.25, 0.3) is 11.2 Å². The summed E-state index contributed by atoms with van der Waals surface area (Å²) in [6, 6.07) is 3.17. The van der Waals surface area contributed by atoms with Gasteiger partial charge in [-0.3, -0.25) is 4.79 Å². The number of nitrogens with one attached hydrogen (secondary N) is 2. The number of carbonyl (C=O) groups excluding carboxylic acids is 1. The summed E-state index contributed by atoms with van der Waals surface area (Å²) < 4.78 is 28.5. The molecule has 2 fully saturated rings. The van der Waals surface area contributed by atoms with Gasteiger partial charge in [0.15, 0.2) is 33.8 Å². The molecule has 2 aliphatic rings. The Hall–Kier alpha value is -2.90. The van der Waals surface area contributed by atoms with Crippen LogP contribution in [-0.4, -0.2) is 71.6 Å². The molecular formula is C24H29F2N7O3S. The Morgan fingerprint density at radius 3 is 2.70 bits per heavy atom. The van der Waals surface area contributed by atoms with Crippen LogP contribution >= 0.6 is 11.8 Å². The molecule has 6 atom stereocenters. The predicted molar refractivity (Wildman–Crippen MR) is 133 cm³/mol. The number of aliphatic hydroxyl groups is 2. The molecular weight excluding hydrogens is 504 g/mol. The minimum absolute atomic E-state index is 0.00783. The number of carbonyl (C=O) groups is 1. The minimum Gasteiger partial charge on any atom is -0.390 e. The van der Waals surface area contributed by atoms with Crippen molar-refractivity contribution in [3.63, 3.8) is 0 Å². The highest BCUT2D eigenvalue weighted by molar-refractivity contribution is 7.99. The van der Waals surface area contributed by atoms with Crippen LogP contribution in [0.1, 0.15) is 50.6 Å². The summed E-state index contributed by atoms with van der Waals surface area (Å²) in [4.78, 5) is 21.7. The molecule has 13 heteroatoms. The summed E-state index contributed by atoms with van der Waals surface area (Å²) >= 11 is 1.47. The molecule has 0 radical (unpaired) electrons. The number of halogens is 2. The van der Waals surface area contributed by atoms with Crippen LogP contribution in [0.4, 0.5) is 14.6 Å². The molecule has 10 nitrogen and oxygen atoms in total. The summed E-state index contributed by atoms with van der Waals surface area (Å²) in [5.74, 6) is -1.63. The zero-order valence-corrected chi connectivity index (χ0v) is 21.3. The Bertz CT molecular complexity index is 1310. The molecule has 0 aliphatic heterocycles. The summed E-state index contributed by atoms with van der Waals surface area (Å²) in [5.41, 5.74) is 1.47. The maximum atomic E-state index is 13.7. The second-order valence-corrected chi connectivity index (χ2v) is 10.5. The van der Waals surface area contributed by atoms with E-state index in [1.165, 1.54) is 22.5 Å². The third kappa shape index (κ3) is 4.99. The van der Waals surface area contributed by atoms with Crippen LogP contribution in [0.3, 0.4) is 0 Å². The summed E-state index contributed by atoms with van der Waals surface area (Å²) in [6.45, 7) is 4.25. The lowest BCUT2D eigenvalue weighted by atomic mass is 10.0. The first-order valence-corrected chi connectivity index (χ1v) is 13.4. The quantitative estimate of drug-likeness (QED) is 0.241. The van der Waals surface area contributed by atoms with Crippen molar-refractivity contribution in [1.29, 1.82) is 0 Å². The molecule has 37 heavy (non-hydrogen) atoms. The van der Waals surface area contributed by atoms with Gasteiger partial charge in [0.05, 0.1) is 18.1 Å². The van der Waals surface area contributed by atoms with Crippen molar-refractivity contribution in [2.45, 2.75) is 68.5 Å². The van der Waals surface area contributed by atoms with E-state index in [1.54, 1.807) is 13.0 Å². The second kappa shape index (κ2) is 10.5. The van der Waals surface area contributed by atoms with Gasteiger partial charge in [-0.2, -0.15) is 0 Å². The molecule has 1 amide bonds. The van der Waals surface area contributed by atoms with E-state index in [0.717, 1.165) is 18.2 Å². The zero-order valence-electron chi connectivity index (χ0n) is 20.4. The molecule has 4 N–H and O–H groups in total. The monoisotopic (exact) mass is 533 g/mol. The van der Waals surface area contributed by atoms with Crippen molar-refractivity contribution in [2.75, 3.05) is 17.6 Å². The Balaban J connectivity index is 1.44. The van der Waals surface area contributed by atoms with Gasteiger partial charge in [-0.15, -0.1) is 5.10 Å². The molecule has 0 spiro atoms. The van der Waals surface area contributed by atoms with E-state index >= 15 is 0 Å². The fourth-order valence-electron chi connectivity index (χ4n) is 4.85. The first kappa shape index (κ1) is 25.7. The number of amides is 1. The summed E-state index contributed by atoms with van der Waals surface area (Å²) in [5, 5.41) is 36.4. The van der Waals surface area contributed by atoms with Crippen molar-refractivity contribution in [3.8, 4) is 0 Å². The van der Waals surface area contributed by atoms with E-state index in [0.29, 0.717) is 40.7 Å². The standard InChI is InChI=1S/C24H29F2N7O3S/c1-3-7-37-24-29-21(28-16-9-12(16)11-5-6-14(25)15(26)8-11)18-22(30-24)33(32-31-18)17-10-13(19(34)20(17)35)23(36)27-4-2/h5-6,8,12-13,16-17,19-20,34-35H,3-4,7,9-10H2,1-2H3,(H,27,36)(H,28,29,30). The van der Waals surface area contributed by atoms with Gasteiger partial charge >= 0.3 is 0 Å². The highest BCUT2D eigenvalue weighted by Crippen LogP contribution is 2.44. The number of rotatable bonds is 9.